The summed E-state index contributed by atoms with van der Waals surface area (Å²) in [6.45, 7) is 2.23. The van der Waals surface area contributed by atoms with E-state index in [-0.39, 0.29) is 43.8 Å². The van der Waals surface area contributed by atoms with E-state index in [0.29, 0.717) is 11.3 Å². The van der Waals surface area contributed by atoms with Crippen molar-refractivity contribution in [3.63, 3.8) is 0 Å². The van der Waals surface area contributed by atoms with E-state index in [1.807, 2.05) is 31.2 Å². The number of ether oxygens (including phenoxy) is 2. The zero-order chi connectivity index (χ0) is 23.8. The lowest BCUT2D eigenvalue weighted by Crippen LogP contribution is -2.32. The number of non-ortho nitro benzene ring substituents is 1. The van der Waals surface area contributed by atoms with Crippen molar-refractivity contribution in [2.24, 2.45) is 0 Å². The lowest BCUT2D eigenvalue weighted by Gasteiger charge is -2.09. The first-order valence-electron chi connectivity index (χ1n) is 10.2. The number of carbonyl (C=O) groups is 2. The van der Waals surface area contributed by atoms with E-state index in [0.717, 1.165) is 5.56 Å². The van der Waals surface area contributed by atoms with Crippen LogP contribution >= 0.6 is 0 Å². The van der Waals surface area contributed by atoms with E-state index in [2.05, 4.69) is 5.32 Å². The van der Waals surface area contributed by atoms with Gasteiger partial charge in [0.25, 0.3) is 11.6 Å². The van der Waals surface area contributed by atoms with E-state index in [9.17, 15) is 24.5 Å². The minimum absolute atomic E-state index is 0.0180. The number of esters is 1. The number of rotatable bonds is 11. The molecule has 174 valence electrons. The predicted octanol–water partition coefficient (Wildman–Crippen LogP) is 2.33. The second kappa shape index (κ2) is 10.9. The van der Waals surface area contributed by atoms with Gasteiger partial charge in [0, 0.05) is 19.0 Å². The highest BCUT2D eigenvalue weighted by Crippen LogP contribution is 2.20. The van der Waals surface area contributed by atoms with E-state index in [1.54, 1.807) is 0 Å². The van der Waals surface area contributed by atoms with Crippen LogP contribution in [0.1, 0.15) is 18.4 Å². The number of aromatic nitrogens is 1. The van der Waals surface area contributed by atoms with Crippen LogP contribution in [0.15, 0.2) is 51.7 Å². The van der Waals surface area contributed by atoms with Crippen LogP contribution in [0.4, 0.5) is 5.69 Å². The maximum atomic E-state index is 12.0. The normalized spacial score (nSPS) is 10.7. The van der Waals surface area contributed by atoms with Gasteiger partial charge in [-0.1, -0.05) is 12.1 Å². The van der Waals surface area contributed by atoms with Crippen molar-refractivity contribution in [2.45, 2.75) is 26.3 Å². The lowest BCUT2D eigenvalue weighted by molar-refractivity contribution is -0.384. The van der Waals surface area contributed by atoms with Gasteiger partial charge in [-0.15, -0.1) is 0 Å². The first-order chi connectivity index (χ1) is 15.8. The van der Waals surface area contributed by atoms with E-state index in [4.69, 9.17) is 13.9 Å². The maximum Gasteiger partial charge on any atom is 0.419 e. The number of hydrogen-bond donors (Lipinski definition) is 1. The second-order valence-electron chi connectivity index (χ2n) is 7.21. The largest absolute Gasteiger partial charge is 0.492 e. The molecule has 11 nitrogen and oxygen atoms in total. The third kappa shape index (κ3) is 6.66. The molecule has 0 saturated carbocycles. The molecule has 0 radical (unpaired) electrons. The zero-order valence-corrected chi connectivity index (χ0v) is 17.9. The van der Waals surface area contributed by atoms with Crippen molar-refractivity contribution >= 4 is 28.7 Å². The maximum absolute atomic E-state index is 12.0. The number of nitrogens with zero attached hydrogens (tertiary/aromatic N) is 2. The van der Waals surface area contributed by atoms with Crippen molar-refractivity contribution in [1.82, 2.24) is 9.88 Å². The fourth-order valence-corrected chi connectivity index (χ4v) is 3.10. The first-order valence-corrected chi connectivity index (χ1v) is 10.2. The molecular weight excluding hydrogens is 434 g/mol. The Balaban J connectivity index is 1.36. The third-order valence-corrected chi connectivity index (χ3v) is 4.67. The van der Waals surface area contributed by atoms with E-state index < -0.39 is 29.2 Å². The average molecular weight is 457 g/mol. The number of nitro benzene ring substituents is 1. The molecule has 3 aromatic rings. The highest BCUT2D eigenvalue weighted by atomic mass is 16.6. The molecule has 0 aliphatic heterocycles. The van der Waals surface area contributed by atoms with Crippen molar-refractivity contribution in [3.8, 4) is 5.75 Å². The Labute approximate surface area is 188 Å². The lowest BCUT2D eigenvalue weighted by atomic mass is 10.2. The van der Waals surface area contributed by atoms with Gasteiger partial charge in [-0.3, -0.25) is 24.3 Å². The van der Waals surface area contributed by atoms with Gasteiger partial charge in [-0.05, 0) is 37.1 Å². The number of carbonyl (C=O) groups excluding carboxylic acids is 2. The summed E-state index contributed by atoms with van der Waals surface area (Å²) in [5.41, 5.74) is 1.37. The summed E-state index contributed by atoms with van der Waals surface area (Å²) in [6, 6.07) is 11.4. The minimum Gasteiger partial charge on any atom is -0.492 e. The Morgan fingerprint density at radius 3 is 2.79 bits per heavy atom. The van der Waals surface area contributed by atoms with Crippen molar-refractivity contribution in [1.29, 1.82) is 0 Å². The third-order valence-electron chi connectivity index (χ3n) is 4.67. The van der Waals surface area contributed by atoms with Crippen molar-refractivity contribution in [3.05, 3.63) is 68.7 Å². The standard InChI is InChI=1S/C22H23N3O8/c1-15-4-2-5-17(12-15)31-11-9-23-20(26)14-32-21(27)6-3-10-24-18-8-7-16(25(29)30)13-19(18)33-22(24)28/h2,4-5,7-8,12-13H,3,6,9-11,14H2,1H3,(H,23,26). The molecular formula is C22H23N3O8. The van der Waals surface area contributed by atoms with Gasteiger partial charge in [0.1, 0.15) is 12.4 Å². The van der Waals surface area contributed by atoms with Crippen LogP contribution in [0.5, 0.6) is 5.75 Å². The topological polar surface area (TPSA) is 143 Å². The van der Waals surface area contributed by atoms with Gasteiger partial charge in [0.2, 0.25) is 0 Å². The number of oxazole rings is 1. The fourth-order valence-electron chi connectivity index (χ4n) is 3.10. The molecule has 0 bridgehead atoms. The van der Waals surface area contributed by atoms with Crippen LogP contribution in [0, 0.1) is 17.0 Å². The first kappa shape index (κ1) is 23.5. The van der Waals surface area contributed by atoms with Crippen LogP contribution in [-0.2, 0) is 20.9 Å². The predicted molar refractivity (Wildman–Crippen MR) is 117 cm³/mol. The molecule has 3 rings (SSSR count). The fraction of sp³-hybridized carbons (Fsp3) is 0.318. The molecule has 11 heteroatoms. The molecule has 1 N–H and O–H groups in total. The highest BCUT2D eigenvalue weighted by Gasteiger charge is 2.15. The summed E-state index contributed by atoms with van der Waals surface area (Å²) < 4.78 is 16.8. The number of nitrogens with one attached hydrogen (secondary N) is 1. The summed E-state index contributed by atoms with van der Waals surface area (Å²) in [4.78, 5) is 45.9. The van der Waals surface area contributed by atoms with Crippen LogP contribution in [0.25, 0.3) is 11.1 Å². The molecule has 0 aliphatic carbocycles. The molecule has 0 fully saturated rings. The van der Waals surface area contributed by atoms with E-state index in [1.165, 1.54) is 22.8 Å². The molecule has 0 atom stereocenters. The summed E-state index contributed by atoms with van der Waals surface area (Å²) in [7, 11) is 0. The minimum atomic E-state index is -0.675. The summed E-state index contributed by atoms with van der Waals surface area (Å²) >= 11 is 0. The quantitative estimate of drug-likeness (QED) is 0.200. The number of hydrogen-bond acceptors (Lipinski definition) is 8. The molecule has 0 saturated heterocycles. The number of aryl methyl sites for hydroxylation is 2. The number of fused-ring (bicyclic) bond motifs is 1. The second-order valence-corrected chi connectivity index (χ2v) is 7.21. The molecule has 0 spiro atoms. The van der Waals surface area contributed by atoms with Crippen molar-refractivity contribution in [2.75, 3.05) is 19.8 Å². The molecule has 1 amide bonds. The molecule has 33 heavy (non-hydrogen) atoms. The molecule has 0 unspecified atom stereocenters. The number of nitro groups is 1. The zero-order valence-electron chi connectivity index (χ0n) is 17.9. The van der Waals surface area contributed by atoms with Gasteiger partial charge in [0.05, 0.1) is 23.1 Å². The Morgan fingerprint density at radius 2 is 2.03 bits per heavy atom. The van der Waals surface area contributed by atoms with Crippen LogP contribution in [-0.4, -0.2) is 41.1 Å². The van der Waals surface area contributed by atoms with Gasteiger partial charge in [-0.25, -0.2) is 4.79 Å². The smallest absolute Gasteiger partial charge is 0.419 e. The Hall–Kier alpha value is -4.15. The van der Waals surface area contributed by atoms with Crippen molar-refractivity contribution < 1.29 is 28.4 Å². The molecule has 0 aliphatic rings. The summed E-state index contributed by atoms with van der Waals surface area (Å²) in [5.74, 6) is -1.00. The number of amides is 1. The van der Waals surface area contributed by atoms with E-state index >= 15 is 0 Å². The average Bonchev–Trinajstić information content (AvgIpc) is 3.09. The molecule has 2 aromatic carbocycles. The summed E-state index contributed by atoms with van der Waals surface area (Å²) in [5, 5.41) is 13.4. The summed E-state index contributed by atoms with van der Waals surface area (Å²) in [6.07, 6.45) is 0.242. The number of benzene rings is 2. The van der Waals surface area contributed by atoms with Gasteiger partial charge >= 0.3 is 11.7 Å². The van der Waals surface area contributed by atoms with Crippen LogP contribution in [0.3, 0.4) is 0 Å². The Bertz CT molecular complexity index is 1210. The molecule has 1 aromatic heterocycles. The SMILES string of the molecule is Cc1cccc(OCCNC(=O)COC(=O)CCCn2c(=O)oc3cc([N+](=O)[O-])ccc32)c1. The van der Waals surface area contributed by atoms with Crippen LogP contribution < -0.4 is 15.8 Å². The Morgan fingerprint density at radius 1 is 1.21 bits per heavy atom. The highest BCUT2D eigenvalue weighted by molar-refractivity contribution is 5.80. The van der Waals surface area contributed by atoms with Gasteiger partial charge in [-0.2, -0.15) is 0 Å². The Kier molecular flexibility index (Phi) is 7.79. The van der Waals surface area contributed by atoms with Gasteiger partial charge < -0.3 is 19.2 Å². The molecule has 1 heterocycles. The van der Waals surface area contributed by atoms with Crippen LogP contribution in [0.2, 0.25) is 0 Å². The van der Waals surface area contributed by atoms with Gasteiger partial charge in [0.15, 0.2) is 12.2 Å². The monoisotopic (exact) mass is 457 g/mol.